The molecule has 2 aromatic carbocycles. The monoisotopic (exact) mass is 268 g/mol. The number of aliphatic hydroxyl groups is 1. The SMILES string of the molecule is O=C1CCc2c(OCC(O)c3ccccc3)cccc21. The van der Waals surface area contributed by atoms with E-state index in [1.54, 1.807) is 0 Å². The molecule has 0 spiro atoms. The van der Waals surface area contributed by atoms with Gasteiger partial charge in [-0.25, -0.2) is 0 Å². The van der Waals surface area contributed by atoms with E-state index in [-0.39, 0.29) is 12.4 Å². The van der Waals surface area contributed by atoms with Crippen molar-refractivity contribution in [1.29, 1.82) is 0 Å². The molecule has 3 heteroatoms. The molecule has 1 aliphatic carbocycles. The first-order chi connectivity index (χ1) is 9.75. The second-order valence-corrected chi connectivity index (χ2v) is 4.94. The number of carbonyl (C=O) groups excluding carboxylic acids is 1. The molecule has 1 atom stereocenters. The second kappa shape index (κ2) is 5.47. The predicted molar refractivity (Wildman–Crippen MR) is 76.0 cm³/mol. The Bertz CT molecular complexity index is 619. The van der Waals surface area contributed by atoms with Gasteiger partial charge in [0.15, 0.2) is 5.78 Å². The summed E-state index contributed by atoms with van der Waals surface area (Å²) in [4.78, 5) is 11.7. The third-order valence-electron chi connectivity index (χ3n) is 3.62. The molecule has 20 heavy (non-hydrogen) atoms. The summed E-state index contributed by atoms with van der Waals surface area (Å²) in [5.41, 5.74) is 2.56. The second-order valence-electron chi connectivity index (χ2n) is 4.94. The van der Waals surface area contributed by atoms with Gasteiger partial charge in [-0.1, -0.05) is 42.5 Å². The number of hydrogen-bond donors (Lipinski definition) is 1. The Morgan fingerprint density at radius 2 is 1.85 bits per heavy atom. The van der Waals surface area contributed by atoms with Crippen molar-refractivity contribution in [3.8, 4) is 5.75 Å². The normalized spacial score (nSPS) is 14.9. The van der Waals surface area contributed by atoms with Crippen molar-refractivity contribution >= 4 is 5.78 Å². The van der Waals surface area contributed by atoms with E-state index in [2.05, 4.69) is 0 Å². The lowest BCUT2D eigenvalue weighted by Gasteiger charge is -2.14. The van der Waals surface area contributed by atoms with Crippen molar-refractivity contribution in [1.82, 2.24) is 0 Å². The van der Waals surface area contributed by atoms with Crippen LogP contribution in [-0.4, -0.2) is 17.5 Å². The fourth-order valence-electron chi connectivity index (χ4n) is 2.53. The van der Waals surface area contributed by atoms with Crippen LogP contribution < -0.4 is 4.74 Å². The number of benzene rings is 2. The molecule has 2 aromatic rings. The minimum absolute atomic E-state index is 0.175. The fraction of sp³-hybridized carbons (Fsp3) is 0.235. The number of ether oxygens (including phenoxy) is 1. The largest absolute Gasteiger partial charge is 0.490 e. The van der Waals surface area contributed by atoms with Gasteiger partial charge in [0, 0.05) is 17.5 Å². The molecule has 0 radical (unpaired) electrons. The summed E-state index contributed by atoms with van der Waals surface area (Å²) in [6, 6.07) is 14.9. The minimum Gasteiger partial charge on any atom is -0.490 e. The Morgan fingerprint density at radius 1 is 1.05 bits per heavy atom. The maximum atomic E-state index is 11.7. The summed E-state index contributed by atoms with van der Waals surface area (Å²) in [5.74, 6) is 0.886. The zero-order valence-electron chi connectivity index (χ0n) is 11.1. The summed E-state index contributed by atoms with van der Waals surface area (Å²) in [7, 11) is 0. The molecule has 1 N–H and O–H groups in total. The standard InChI is InChI=1S/C17H16O3/c18-15-10-9-14-13(15)7-4-8-17(14)20-11-16(19)12-5-2-1-3-6-12/h1-8,16,19H,9-11H2. The van der Waals surface area contributed by atoms with Crippen molar-refractivity contribution in [2.24, 2.45) is 0 Å². The maximum Gasteiger partial charge on any atom is 0.163 e. The van der Waals surface area contributed by atoms with E-state index in [1.165, 1.54) is 0 Å². The van der Waals surface area contributed by atoms with Crippen LogP contribution in [0.25, 0.3) is 0 Å². The van der Waals surface area contributed by atoms with E-state index in [0.29, 0.717) is 12.2 Å². The molecule has 1 unspecified atom stereocenters. The Kier molecular flexibility index (Phi) is 3.52. The highest BCUT2D eigenvalue weighted by atomic mass is 16.5. The average molecular weight is 268 g/mol. The van der Waals surface area contributed by atoms with Crippen molar-refractivity contribution in [2.75, 3.05) is 6.61 Å². The number of fused-ring (bicyclic) bond motifs is 1. The Labute approximate surface area is 117 Å². The number of Topliss-reactive ketones (excluding diaryl/α,β-unsaturated/α-hetero) is 1. The molecule has 0 fully saturated rings. The van der Waals surface area contributed by atoms with E-state index in [9.17, 15) is 9.90 Å². The van der Waals surface area contributed by atoms with Gasteiger partial charge < -0.3 is 9.84 Å². The van der Waals surface area contributed by atoms with Crippen molar-refractivity contribution in [3.05, 3.63) is 65.2 Å². The first-order valence-electron chi connectivity index (χ1n) is 6.76. The van der Waals surface area contributed by atoms with Crippen LogP contribution in [0.15, 0.2) is 48.5 Å². The van der Waals surface area contributed by atoms with Crippen LogP contribution in [0.3, 0.4) is 0 Å². The molecule has 0 saturated carbocycles. The van der Waals surface area contributed by atoms with Crippen molar-refractivity contribution in [2.45, 2.75) is 18.9 Å². The Balaban J connectivity index is 1.72. The van der Waals surface area contributed by atoms with E-state index in [1.807, 2.05) is 48.5 Å². The third kappa shape index (κ3) is 2.45. The van der Waals surface area contributed by atoms with Crippen LogP contribution in [0.4, 0.5) is 0 Å². The van der Waals surface area contributed by atoms with Crippen LogP contribution in [0.1, 0.15) is 34.0 Å². The maximum absolute atomic E-state index is 11.7. The summed E-state index contributed by atoms with van der Waals surface area (Å²) in [6.45, 7) is 0.189. The van der Waals surface area contributed by atoms with E-state index >= 15 is 0 Å². The number of ketones is 1. The van der Waals surface area contributed by atoms with E-state index in [0.717, 1.165) is 23.1 Å². The van der Waals surface area contributed by atoms with Crippen LogP contribution in [0.5, 0.6) is 5.75 Å². The zero-order valence-corrected chi connectivity index (χ0v) is 11.1. The topological polar surface area (TPSA) is 46.5 Å². The molecule has 0 bridgehead atoms. The van der Waals surface area contributed by atoms with E-state index < -0.39 is 6.10 Å². The van der Waals surface area contributed by atoms with Gasteiger partial charge in [-0.05, 0) is 18.1 Å². The summed E-state index contributed by atoms with van der Waals surface area (Å²) < 4.78 is 5.71. The lowest BCUT2D eigenvalue weighted by molar-refractivity contribution is 0.0994. The molecular weight excluding hydrogens is 252 g/mol. The molecule has 1 aliphatic rings. The molecule has 0 aromatic heterocycles. The van der Waals surface area contributed by atoms with Gasteiger partial charge in [0.05, 0.1) is 0 Å². The van der Waals surface area contributed by atoms with Gasteiger partial charge >= 0.3 is 0 Å². The number of rotatable bonds is 4. The van der Waals surface area contributed by atoms with Gasteiger partial charge in [-0.3, -0.25) is 4.79 Å². The van der Waals surface area contributed by atoms with Crippen LogP contribution in [0.2, 0.25) is 0 Å². The summed E-state index contributed by atoms with van der Waals surface area (Å²) in [5, 5.41) is 10.1. The lowest BCUT2D eigenvalue weighted by atomic mass is 10.1. The average Bonchev–Trinajstić information content (AvgIpc) is 2.88. The van der Waals surface area contributed by atoms with Gasteiger partial charge in [0.25, 0.3) is 0 Å². The molecule has 0 saturated heterocycles. The Morgan fingerprint density at radius 3 is 2.65 bits per heavy atom. The zero-order chi connectivity index (χ0) is 13.9. The molecule has 0 heterocycles. The van der Waals surface area contributed by atoms with E-state index in [4.69, 9.17) is 4.74 Å². The highest BCUT2D eigenvalue weighted by Crippen LogP contribution is 2.31. The third-order valence-corrected chi connectivity index (χ3v) is 3.62. The number of hydrogen-bond acceptors (Lipinski definition) is 3. The fourth-order valence-corrected chi connectivity index (χ4v) is 2.53. The summed E-state index contributed by atoms with van der Waals surface area (Å²) in [6.07, 6.45) is 0.618. The minimum atomic E-state index is -0.663. The number of carbonyl (C=O) groups is 1. The van der Waals surface area contributed by atoms with Crippen LogP contribution in [0, 0.1) is 0 Å². The van der Waals surface area contributed by atoms with Gasteiger partial charge in [-0.2, -0.15) is 0 Å². The molecule has 3 nitrogen and oxygen atoms in total. The summed E-state index contributed by atoms with van der Waals surface area (Å²) >= 11 is 0. The lowest BCUT2D eigenvalue weighted by Crippen LogP contribution is -2.10. The van der Waals surface area contributed by atoms with Crippen LogP contribution >= 0.6 is 0 Å². The van der Waals surface area contributed by atoms with Crippen LogP contribution in [-0.2, 0) is 6.42 Å². The van der Waals surface area contributed by atoms with Gasteiger partial charge in [0.1, 0.15) is 18.5 Å². The van der Waals surface area contributed by atoms with Gasteiger partial charge in [0.2, 0.25) is 0 Å². The first kappa shape index (κ1) is 12.9. The van der Waals surface area contributed by atoms with Gasteiger partial charge in [-0.15, -0.1) is 0 Å². The molecule has 102 valence electrons. The smallest absolute Gasteiger partial charge is 0.163 e. The number of aliphatic hydroxyl groups excluding tert-OH is 1. The predicted octanol–water partition coefficient (Wildman–Crippen LogP) is 2.93. The highest BCUT2D eigenvalue weighted by Gasteiger charge is 2.22. The first-order valence-corrected chi connectivity index (χ1v) is 6.76. The van der Waals surface area contributed by atoms with Crippen molar-refractivity contribution in [3.63, 3.8) is 0 Å². The molecule has 0 aliphatic heterocycles. The Hall–Kier alpha value is -2.13. The van der Waals surface area contributed by atoms with Crippen molar-refractivity contribution < 1.29 is 14.6 Å². The molecule has 3 rings (SSSR count). The molecular formula is C17H16O3. The molecule has 0 amide bonds. The highest BCUT2D eigenvalue weighted by molar-refractivity contribution is 6.01. The quantitative estimate of drug-likeness (QED) is 0.927.